The third kappa shape index (κ3) is 2.60. The van der Waals surface area contributed by atoms with Crippen LogP contribution in [0.3, 0.4) is 0 Å². The van der Waals surface area contributed by atoms with Crippen molar-refractivity contribution in [3.63, 3.8) is 0 Å². The molecule has 0 amide bonds. The molecular weight excluding hydrogens is 344 g/mol. The Morgan fingerprint density at radius 1 is 1.00 bits per heavy atom. The summed E-state index contributed by atoms with van der Waals surface area (Å²) in [6, 6.07) is 10.3. The number of rotatable bonds is 1. The minimum atomic E-state index is -0.183. The number of aliphatic hydroxyl groups excluding tert-OH is 1. The van der Waals surface area contributed by atoms with Gasteiger partial charge in [-0.15, -0.1) is 0 Å². The van der Waals surface area contributed by atoms with Crippen LogP contribution in [0, 0.1) is 28.6 Å². The minimum Gasteiger partial charge on any atom is -0.393 e. The maximum Gasteiger partial charge on any atom is 0.165 e. The summed E-state index contributed by atoms with van der Waals surface area (Å²) in [7, 11) is 0. The molecule has 148 valence electrons. The zero-order valence-corrected chi connectivity index (χ0v) is 17.2. The van der Waals surface area contributed by atoms with Gasteiger partial charge in [0.15, 0.2) is 5.78 Å². The highest BCUT2D eigenvalue weighted by Crippen LogP contribution is 2.64. The van der Waals surface area contributed by atoms with E-state index in [1.165, 1.54) is 5.57 Å². The van der Waals surface area contributed by atoms with Crippen molar-refractivity contribution in [2.24, 2.45) is 28.6 Å². The van der Waals surface area contributed by atoms with E-state index < -0.39 is 0 Å². The summed E-state index contributed by atoms with van der Waals surface area (Å²) in [6.07, 6.45) is 11.5. The van der Waals surface area contributed by atoms with Gasteiger partial charge in [0.05, 0.1) is 6.10 Å². The number of carbonyl (C=O) groups is 1. The molecule has 0 unspecified atom stereocenters. The number of benzene rings is 1. The monoisotopic (exact) mass is 376 g/mol. The van der Waals surface area contributed by atoms with Crippen LogP contribution < -0.4 is 0 Å². The molecule has 0 aliphatic heterocycles. The molecule has 0 aromatic heterocycles. The van der Waals surface area contributed by atoms with Gasteiger partial charge in [-0.3, -0.25) is 4.79 Å². The molecule has 4 aliphatic rings. The molecular formula is C26H32O2. The quantitative estimate of drug-likeness (QED) is 0.514. The van der Waals surface area contributed by atoms with Crippen molar-refractivity contribution in [2.45, 2.75) is 64.9 Å². The highest BCUT2D eigenvalue weighted by Gasteiger charge is 2.59. The number of aliphatic hydroxyl groups is 1. The molecule has 2 heteroatoms. The fourth-order valence-corrected chi connectivity index (χ4v) is 7.19. The molecule has 1 aromatic rings. The lowest BCUT2D eigenvalue weighted by Crippen LogP contribution is -2.50. The number of ketones is 1. The fourth-order valence-electron chi connectivity index (χ4n) is 7.19. The first kappa shape index (κ1) is 18.4. The van der Waals surface area contributed by atoms with Crippen molar-refractivity contribution in [3.8, 4) is 0 Å². The number of hydrogen-bond acceptors (Lipinski definition) is 2. The lowest BCUT2D eigenvalue weighted by molar-refractivity contribution is -0.130. The topological polar surface area (TPSA) is 37.3 Å². The van der Waals surface area contributed by atoms with Crippen molar-refractivity contribution in [3.05, 3.63) is 53.1 Å². The summed E-state index contributed by atoms with van der Waals surface area (Å²) >= 11 is 0. The Morgan fingerprint density at radius 2 is 1.75 bits per heavy atom. The summed E-state index contributed by atoms with van der Waals surface area (Å²) in [6.45, 7) is 4.69. The average Bonchev–Trinajstić information content (AvgIpc) is 2.94. The van der Waals surface area contributed by atoms with Crippen molar-refractivity contribution in [1.82, 2.24) is 0 Å². The molecule has 0 spiro atoms. The van der Waals surface area contributed by atoms with E-state index >= 15 is 0 Å². The zero-order valence-electron chi connectivity index (χ0n) is 17.2. The molecule has 0 bridgehead atoms. The molecule has 0 radical (unpaired) electrons. The van der Waals surface area contributed by atoms with Crippen LogP contribution in [-0.2, 0) is 4.79 Å². The lowest BCUT2D eigenvalue weighted by atomic mass is 9.48. The van der Waals surface area contributed by atoms with E-state index in [0.717, 1.165) is 56.1 Å². The van der Waals surface area contributed by atoms with Crippen molar-refractivity contribution >= 4 is 11.9 Å². The second kappa shape index (κ2) is 6.42. The van der Waals surface area contributed by atoms with Crippen LogP contribution in [0.4, 0.5) is 0 Å². The summed E-state index contributed by atoms with van der Waals surface area (Å²) in [5.41, 5.74) is 3.73. The average molecular weight is 377 g/mol. The van der Waals surface area contributed by atoms with Gasteiger partial charge in [-0.05, 0) is 85.3 Å². The first-order valence-corrected chi connectivity index (χ1v) is 11.1. The molecule has 0 heterocycles. The van der Waals surface area contributed by atoms with Crippen LogP contribution in [0.15, 0.2) is 47.6 Å². The highest BCUT2D eigenvalue weighted by molar-refractivity contribution is 6.05. The third-order valence-electron chi connectivity index (χ3n) is 8.86. The standard InChI is InChI=1S/C26H32O2/c1-25-12-10-20(27)16-19(25)8-9-21-22(25)11-13-26(2)23(21)15-18(24(26)28)14-17-6-4-3-5-7-17/h3-8,14,20-23,27H,9-13,15-16H2,1-2H3/b18-14+/t20-,21+,22-,23-,25-,26-/m0/s1. The van der Waals surface area contributed by atoms with E-state index in [1.54, 1.807) is 0 Å². The number of fused-ring (bicyclic) bond motifs is 5. The maximum atomic E-state index is 13.4. The van der Waals surface area contributed by atoms with Gasteiger partial charge in [0.1, 0.15) is 0 Å². The molecule has 4 aliphatic carbocycles. The Bertz CT molecular complexity index is 850. The van der Waals surface area contributed by atoms with Gasteiger partial charge in [0.2, 0.25) is 0 Å². The fraction of sp³-hybridized carbons (Fsp3) is 0.577. The predicted octanol–water partition coefficient (Wildman–Crippen LogP) is 5.57. The normalized spacial score (nSPS) is 43.9. The van der Waals surface area contributed by atoms with E-state index in [4.69, 9.17) is 0 Å². The first-order valence-electron chi connectivity index (χ1n) is 11.1. The van der Waals surface area contributed by atoms with E-state index in [1.807, 2.05) is 18.2 Å². The van der Waals surface area contributed by atoms with Gasteiger partial charge in [-0.25, -0.2) is 0 Å². The maximum absolute atomic E-state index is 13.4. The van der Waals surface area contributed by atoms with Crippen LogP contribution >= 0.6 is 0 Å². The Labute approximate surface area is 168 Å². The molecule has 28 heavy (non-hydrogen) atoms. The number of Topliss-reactive ketones (excluding diaryl/α,β-unsaturated/α-hetero) is 1. The van der Waals surface area contributed by atoms with Gasteiger partial charge in [-0.2, -0.15) is 0 Å². The van der Waals surface area contributed by atoms with Gasteiger partial charge in [-0.1, -0.05) is 55.8 Å². The largest absolute Gasteiger partial charge is 0.393 e. The number of allylic oxidation sites excluding steroid dienone is 2. The molecule has 3 fully saturated rings. The Morgan fingerprint density at radius 3 is 2.54 bits per heavy atom. The Hall–Kier alpha value is -1.67. The third-order valence-corrected chi connectivity index (χ3v) is 8.86. The van der Waals surface area contributed by atoms with E-state index in [0.29, 0.717) is 23.5 Å². The molecule has 2 nitrogen and oxygen atoms in total. The smallest absolute Gasteiger partial charge is 0.165 e. The van der Waals surface area contributed by atoms with Crippen LogP contribution in [-0.4, -0.2) is 17.0 Å². The number of hydrogen-bond donors (Lipinski definition) is 1. The predicted molar refractivity (Wildman–Crippen MR) is 113 cm³/mol. The molecule has 5 rings (SSSR count). The van der Waals surface area contributed by atoms with Gasteiger partial charge in [0, 0.05) is 5.41 Å². The summed E-state index contributed by atoms with van der Waals surface area (Å²) in [5, 5.41) is 10.2. The van der Waals surface area contributed by atoms with Crippen molar-refractivity contribution in [2.75, 3.05) is 0 Å². The second-order valence-corrected chi connectivity index (χ2v) is 10.2. The van der Waals surface area contributed by atoms with Crippen LogP contribution in [0.5, 0.6) is 0 Å². The van der Waals surface area contributed by atoms with Gasteiger partial charge < -0.3 is 5.11 Å². The molecule has 6 atom stereocenters. The molecule has 3 saturated carbocycles. The van der Waals surface area contributed by atoms with E-state index in [9.17, 15) is 9.90 Å². The summed E-state index contributed by atoms with van der Waals surface area (Å²) in [5.74, 6) is 2.14. The molecule has 1 aromatic carbocycles. The van der Waals surface area contributed by atoms with Crippen molar-refractivity contribution < 1.29 is 9.90 Å². The SMILES string of the molecule is C[C@]12CC[C@H](O)CC1=CC[C@@H]1[C@@H]2CC[C@]2(C)C(=O)/C(=C/c3ccccc3)C[C@@H]12. The zero-order chi connectivity index (χ0) is 19.5. The van der Waals surface area contributed by atoms with Crippen LogP contribution in [0.2, 0.25) is 0 Å². The van der Waals surface area contributed by atoms with E-state index in [2.05, 4.69) is 38.1 Å². The van der Waals surface area contributed by atoms with Gasteiger partial charge >= 0.3 is 0 Å². The Kier molecular flexibility index (Phi) is 4.21. The first-order chi connectivity index (χ1) is 13.4. The second-order valence-electron chi connectivity index (χ2n) is 10.2. The summed E-state index contributed by atoms with van der Waals surface area (Å²) in [4.78, 5) is 13.4. The molecule has 1 N–H and O–H groups in total. The van der Waals surface area contributed by atoms with Crippen LogP contribution in [0.25, 0.3) is 6.08 Å². The van der Waals surface area contributed by atoms with E-state index in [-0.39, 0.29) is 16.9 Å². The highest BCUT2D eigenvalue weighted by atomic mass is 16.3. The number of carbonyl (C=O) groups excluding carboxylic acids is 1. The van der Waals surface area contributed by atoms with Gasteiger partial charge in [0.25, 0.3) is 0 Å². The summed E-state index contributed by atoms with van der Waals surface area (Å²) < 4.78 is 0. The molecule has 0 saturated heterocycles. The van der Waals surface area contributed by atoms with Crippen molar-refractivity contribution in [1.29, 1.82) is 0 Å². The minimum absolute atomic E-state index is 0.154. The Balaban J connectivity index is 1.48. The lowest BCUT2D eigenvalue weighted by Gasteiger charge is -2.56. The van der Waals surface area contributed by atoms with Crippen LogP contribution in [0.1, 0.15) is 64.4 Å².